The number of aryl methyl sites for hydroxylation is 1. The van der Waals surface area contributed by atoms with E-state index in [2.05, 4.69) is 0 Å². The zero-order chi connectivity index (χ0) is 19.9. The van der Waals surface area contributed by atoms with Crippen LogP contribution < -0.4 is 4.90 Å². The lowest BCUT2D eigenvalue weighted by atomic mass is 9.98. The lowest BCUT2D eigenvalue weighted by Crippen LogP contribution is -2.46. The minimum Gasteiger partial charge on any atom is -0.317 e. The number of alkyl halides is 3. The molecule has 0 fully saturated rings. The van der Waals surface area contributed by atoms with Crippen LogP contribution in [-0.4, -0.2) is 16.7 Å². The van der Waals surface area contributed by atoms with Crippen molar-refractivity contribution in [2.24, 2.45) is 0 Å². The molecule has 1 aliphatic rings. The van der Waals surface area contributed by atoms with Gasteiger partial charge in [-0.3, -0.25) is 9.69 Å². The van der Waals surface area contributed by atoms with E-state index in [1.54, 1.807) is 30.5 Å². The van der Waals surface area contributed by atoms with E-state index < -0.39 is 18.1 Å². The average Bonchev–Trinajstić information content (AvgIpc) is 3.15. The van der Waals surface area contributed by atoms with Crippen LogP contribution in [0.5, 0.6) is 0 Å². The summed E-state index contributed by atoms with van der Waals surface area (Å²) in [7, 11) is 0. The number of aromatic nitrogens is 1. The molecule has 3 nitrogen and oxygen atoms in total. The first kappa shape index (κ1) is 18.6. The van der Waals surface area contributed by atoms with Gasteiger partial charge in [-0.15, -0.1) is 0 Å². The Labute approximate surface area is 165 Å². The third-order valence-corrected chi connectivity index (χ3v) is 5.14. The van der Waals surface area contributed by atoms with Crippen molar-refractivity contribution in [1.29, 1.82) is 0 Å². The van der Waals surface area contributed by atoms with Crippen molar-refractivity contribution < 1.29 is 18.0 Å². The van der Waals surface area contributed by atoms with Crippen molar-refractivity contribution in [1.82, 2.24) is 4.57 Å². The molecule has 1 amide bonds. The second-order valence-corrected chi connectivity index (χ2v) is 7.09. The van der Waals surface area contributed by atoms with Gasteiger partial charge in [-0.25, -0.2) is 0 Å². The fraction of sp³-hybridized carbons (Fsp3) is 0.190. The summed E-state index contributed by atoms with van der Waals surface area (Å²) in [4.78, 5) is 13.2. The van der Waals surface area contributed by atoms with Gasteiger partial charge in [0.25, 0.3) is 0 Å². The van der Waals surface area contributed by atoms with Crippen molar-refractivity contribution in [2.45, 2.75) is 25.1 Å². The van der Waals surface area contributed by atoms with Crippen LogP contribution in [0.1, 0.15) is 23.7 Å². The van der Waals surface area contributed by atoms with Crippen LogP contribution in [0, 0.1) is 0 Å². The molecule has 0 N–H and O–H groups in total. The molecule has 7 heteroatoms. The summed E-state index contributed by atoms with van der Waals surface area (Å²) in [5, 5.41) is 0.274. The summed E-state index contributed by atoms with van der Waals surface area (Å²) in [6, 6.07) is 16.9. The molecule has 1 aliphatic heterocycles. The molecular weight excluding hydrogens is 389 g/mol. The molecule has 2 aromatic carbocycles. The summed E-state index contributed by atoms with van der Waals surface area (Å²) in [6.07, 6.45) is -2.32. The summed E-state index contributed by atoms with van der Waals surface area (Å²) in [6.45, 7) is 0. The van der Waals surface area contributed by atoms with E-state index in [0.717, 1.165) is 10.5 Å². The molecule has 0 radical (unpaired) electrons. The maximum atomic E-state index is 13.4. The maximum Gasteiger partial charge on any atom is 0.471 e. The lowest BCUT2D eigenvalue weighted by Gasteiger charge is -2.38. The molecule has 0 spiro atoms. The monoisotopic (exact) mass is 404 g/mol. The molecule has 28 heavy (non-hydrogen) atoms. The van der Waals surface area contributed by atoms with Gasteiger partial charge in [-0.05, 0) is 48.7 Å². The number of rotatable bonds is 3. The molecule has 144 valence electrons. The van der Waals surface area contributed by atoms with Crippen LogP contribution in [0.25, 0.3) is 5.69 Å². The first-order chi connectivity index (χ1) is 13.4. The molecule has 0 bridgehead atoms. The molecule has 3 aromatic rings. The van der Waals surface area contributed by atoms with Gasteiger partial charge in [0.2, 0.25) is 0 Å². The highest BCUT2D eigenvalue weighted by molar-refractivity contribution is 6.31. The van der Waals surface area contributed by atoms with E-state index in [1.807, 2.05) is 34.9 Å². The Balaban J connectivity index is 1.81. The lowest BCUT2D eigenvalue weighted by molar-refractivity contribution is -0.171. The van der Waals surface area contributed by atoms with E-state index in [0.29, 0.717) is 24.2 Å². The highest BCUT2D eigenvalue weighted by atomic mass is 35.5. The number of hydrogen-bond acceptors (Lipinski definition) is 1. The quantitative estimate of drug-likeness (QED) is 0.548. The summed E-state index contributed by atoms with van der Waals surface area (Å²) >= 11 is 6.05. The van der Waals surface area contributed by atoms with Crippen LogP contribution in [0.3, 0.4) is 0 Å². The highest BCUT2D eigenvalue weighted by Crippen LogP contribution is 2.43. The summed E-state index contributed by atoms with van der Waals surface area (Å²) in [5.41, 5.74) is 2.30. The Morgan fingerprint density at radius 2 is 1.75 bits per heavy atom. The van der Waals surface area contributed by atoms with E-state index >= 15 is 0 Å². The van der Waals surface area contributed by atoms with Crippen LogP contribution in [-0.2, 0) is 11.2 Å². The Morgan fingerprint density at radius 3 is 2.46 bits per heavy atom. The maximum absolute atomic E-state index is 13.4. The fourth-order valence-corrected chi connectivity index (χ4v) is 3.86. The predicted octanol–water partition coefficient (Wildman–Crippen LogP) is 5.71. The Morgan fingerprint density at radius 1 is 1.00 bits per heavy atom. The number of hydrogen-bond donors (Lipinski definition) is 0. The number of benzene rings is 2. The molecule has 1 aromatic heterocycles. The molecule has 0 aliphatic carbocycles. The first-order valence-corrected chi connectivity index (χ1v) is 9.15. The van der Waals surface area contributed by atoms with Gasteiger partial charge in [0.1, 0.15) is 0 Å². The topological polar surface area (TPSA) is 25.2 Å². The molecular formula is C21H16ClF3N2O. The van der Waals surface area contributed by atoms with Gasteiger partial charge >= 0.3 is 12.1 Å². The standard InChI is InChI=1S/C21H16ClF3N2O/c22-15-9-11-17-19(13-15)27(20(28)21(23,24)25)18(16-7-4-12-26(16)17)10-8-14-5-2-1-3-6-14/h1-7,9,11-13,18H,8,10H2/t18-/m0/s1. The largest absolute Gasteiger partial charge is 0.471 e. The van der Waals surface area contributed by atoms with Crippen LogP contribution >= 0.6 is 11.6 Å². The number of amides is 1. The number of anilines is 1. The minimum absolute atomic E-state index is 0.164. The first-order valence-electron chi connectivity index (χ1n) is 8.78. The Kier molecular flexibility index (Phi) is 4.67. The van der Waals surface area contributed by atoms with Crippen molar-refractivity contribution in [2.75, 3.05) is 4.90 Å². The molecule has 0 saturated heterocycles. The summed E-state index contributed by atoms with van der Waals surface area (Å²) < 4.78 is 42.1. The van der Waals surface area contributed by atoms with Gasteiger partial charge in [0.05, 0.1) is 17.4 Å². The number of nitrogens with zero attached hydrogens (tertiary/aromatic N) is 2. The molecule has 4 rings (SSSR count). The summed E-state index contributed by atoms with van der Waals surface area (Å²) in [5.74, 6) is -1.89. The normalized spacial score (nSPS) is 15.9. The van der Waals surface area contributed by atoms with Gasteiger partial charge in [-0.2, -0.15) is 13.2 Å². The van der Waals surface area contributed by atoms with Crippen molar-refractivity contribution in [3.8, 4) is 5.69 Å². The highest BCUT2D eigenvalue weighted by Gasteiger charge is 2.48. The number of halogens is 4. The molecule has 0 unspecified atom stereocenters. The van der Waals surface area contributed by atoms with Crippen molar-refractivity contribution in [3.63, 3.8) is 0 Å². The van der Waals surface area contributed by atoms with E-state index in [1.165, 1.54) is 6.07 Å². The Bertz CT molecular complexity index is 1010. The second kappa shape index (κ2) is 7.02. The van der Waals surface area contributed by atoms with E-state index in [4.69, 9.17) is 11.6 Å². The van der Waals surface area contributed by atoms with Gasteiger partial charge in [0, 0.05) is 16.9 Å². The smallest absolute Gasteiger partial charge is 0.317 e. The van der Waals surface area contributed by atoms with E-state index in [9.17, 15) is 18.0 Å². The predicted molar refractivity (Wildman–Crippen MR) is 102 cm³/mol. The van der Waals surface area contributed by atoms with Gasteiger partial charge in [-0.1, -0.05) is 41.9 Å². The average molecular weight is 405 g/mol. The van der Waals surface area contributed by atoms with Crippen molar-refractivity contribution in [3.05, 3.63) is 83.1 Å². The third-order valence-electron chi connectivity index (χ3n) is 4.90. The van der Waals surface area contributed by atoms with E-state index in [-0.39, 0.29) is 10.7 Å². The van der Waals surface area contributed by atoms with Gasteiger partial charge in [0.15, 0.2) is 0 Å². The molecule has 2 heterocycles. The van der Waals surface area contributed by atoms with Crippen LogP contribution in [0.4, 0.5) is 18.9 Å². The van der Waals surface area contributed by atoms with Crippen molar-refractivity contribution >= 4 is 23.2 Å². The minimum atomic E-state index is -4.99. The SMILES string of the molecule is O=C(N1c2cc(Cl)ccc2-n2cccc2[C@@H]1CCc1ccccc1)C(F)(F)F. The fourth-order valence-electron chi connectivity index (χ4n) is 3.69. The zero-order valence-corrected chi connectivity index (χ0v) is 15.4. The Hall–Kier alpha value is -2.73. The van der Waals surface area contributed by atoms with Crippen LogP contribution in [0.2, 0.25) is 5.02 Å². The third kappa shape index (κ3) is 3.29. The number of carbonyl (C=O) groups excluding carboxylic acids is 1. The molecule has 0 saturated carbocycles. The van der Waals surface area contributed by atoms with Crippen LogP contribution in [0.15, 0.2) is 66.9 Å². The van der Waals surface area contributed by atoms with Gasteiger partial charge < -0.3 is 4.57 Å². The second-order valence-electron chi connectivity index (χ2n) is 6.65. The molecule has 1 atom stereocenters. The number of carbonyl (C=O) groups is 1. The number of fused-ring (bicyclic) bond motifs is 3. The zero-order valence-electron chi connectivity index (χ0n) is 14.7.